The summed E-state index contributed by atoms with van der Waals surface area (Å²) in [7, 11) is 2.07. The van der Waals surface area contributed by atoms with E-state index in [2.05, 4.69) is 32.7 Å². The molecule has 1 aliphatic heterocycles. The quantitative estimate of drug-likeness (QED) is 0.893. The normalized spacial score (nSPS) is 24.8. The Kier molecular flexibility index (Phi) is 3.93. The number of hydrogen-bond donors (Lipinski definition) is 1. The van der Waals surface area contributed by atoms with Gasteiger partial charge < -0.3 is 9.84 Å². The Bertz CT molecular complexity index is 405. The van der Waals surface area contributed by atoms with E-state index in [0.717, 1.165) is 11.3 Å². The van der Waals surface area contributed by atoms with Gasteiger partial charge in [-0.2, -0.15) is 0 Å². The summed E-state index contributed by atoms with van der Waals surface area (Å²) in [6, 6.07) is 8.18. The lowest BCUT2D eigenvalue weighted by molar-refractivity contribution is -0.00803. The van der Waals surface area contributed by atoms with Gasteiger partial charge in [-0.25, -0.2) is 0 Å². The summed E-state index contributed by atoms with van der Waals surface area (Å²) in [5.41, 5.74) is 0.900. The molecule has 1 heterocycles. The Morgan fingerprint density at radius 3 is 2.61 bits per heavy atom. The lowest BCUT2D eigenvalue weighted by Gasteiger charge is -2.40. The maximum Gasteiger partial charge on any atom is 0.125 e. The van der Waals surface area contributed by atoms with Crippen molar-refractivity contribution >= 4 is 0 Å². The molecule has 0 saturated heterocycles. The smallest absolute Gasteiger partial charge is 0.125 e. The van der Waals surface area contributed by atoms with Crippen molar-refractivity contribution in [3.63, 3.8) is 0 Å². The number of ether oxygens (including phenoxy) is 1. The highest BCUT2D eigenvalue weighted by atomic mass is 16.5. The van der Waals surface area contributed by atoms with E-state index in [-0.39, 0.29) is 6.04 Å². The van der Waals surface area contributed by atoms with E-state index >= 15 is 0 Å². The van der Waals surface area contributed by atoms with Gasteiger partial charge in [0.25, 0.3) is 0 Å². The van der Waals surface area contributed by atoms with Crippen LogP contribution in [0.1, 0.15) is 32.4 Å². The summed E-state index contributed by atoms with van der Waals surface area (Å²) >= 11 is 0. The van der Waals surface area contributed by atoms with Gasteiger partial charge in [-0.3, -0.25) is 4.90 Å². The monoisotopic (exact) mass is 249 g/mol. The van der Waals surface area contributed by atoms with Gasteiger partial charge in [-0.15, -0.1) is 0 Å². The van der Waals surface area contributed by atoms with Gasteiger partial charge in [0.1, 0.15) is 18.5 Å². The topological polar surface area (TPSA) is 32.7 Å². The van der Waals surface area contributed by atoms with Crippen LogP contribution in [0.2, 0.25) is 0 Å². The maximum absolute atomic E-state index is 10.5. The molecule has 0 bridgehead atoms. The van der Waals surface area contributed by atoms with Gasteiger partial charge in [0.15, 0.2) is 0 Å². The van der Waals surface area contributed by atoms with Gasteiger partial charge in [-0.1, -0.05) is 32.0 Å². The van der Waals surface area contributed by atoms with Crippen molar-refractivity contribution in [2.24, 2.45) is 5.92 Å². The number of aliphatic hydroxyl groups excluding tert-OH is 1. The van der Waals surface area contributed by atoms with Crippen molar-refractivity contribution in [3.8, 4) is 5.75 Å². The Hall–Kier alpha value is -1.06. The predicted molar refractivity (Wildman–Crippen MR) is 72.7 cm³/mol. The first-order valence-corrected chi connectivity index (χ1v) is 6.64. The zero-order chi connectivity index (χ0) is 13.3. The molecule has 0 fully saturated rings. The summed E-state index contributed by atoms with van der Waals surface area (Å²) in [4.78, 5) is 2.23. The minimum absolute atomic E-state index is 0.0253. The van der Waals surface area contributed by atoms with Crippen LogP contribution in [0, 0.1) is 5.92 Å². The lowest BCUT2D eigenvalue weighted by Crippen LogP contribution is -2.49. The third-order valence-corrected chi connectivity index (χ3v) is 4.14. The number of likely N-dealkylation sites (N-methyl/N-ethyl adjacent to an activating group) is 1. The van der Waals surface area contributed by atoms with Crippen LogP contribution in [0.5, 0.6) is 5.75 Å². The molecule has 0 saturated carbocycles. The summed E-state index contributed by atoms with van der Waals surface area (Å²) < 4.78 is 5.76. The van der Waals surface area contributed by atoms with Crippen LogP contribution in [0.15, 0.2) is 24.3 Å². The molecule has 1 aromatic carbocycles. The van der Waals surface area contributed by atoms with Crippen molar-refractivity contribution in [1.29, 1.82) is 0 Å². The lowest BCUT2D eigenvalue weighted by atomic mass is 9.95. The number of rotatable bonds is 3. The van der Waals surface area contributed by atoms with E-state index in [1.54, 1.807) is 0 Å². The number of aliphatic hydroxyl groups is 1. The highest BCUT2D eigenvalue weighted by molar-refractivity contribution is 5.37. The van der Waals surface area contributed by atoms with Crippen LogP contribution in [0.4, 0.5) is 0 Å². The minimum Gasteiger partial charge on any atom is -0.491 e. The molecule has 3 heteroatoms. The third-order valence-electron chi connectivity index (χ3n) is 4.14. The molecule has 1 aliphatic rings. The van der Waals surface area contributed by atoms with E-state index in [1.807, 2.05) is 24.3 Å². The number of fused-ring (bicyclic) bond motifs is 1. The van der Waals surface area contributed by atoms with Crippen molar-refractivity contribution in [2.75, 3.05) is 13.7 Å². The highest BCUT2D eigenvalue weighted by Crippen LogP contribution is 2.34. The van der Waals surface area contributed by atoms with Crippen LogP contribution in [0.25, 0.3) is 0 Å². The second-order valence-corrected chi connectivity index (χ2v) is 5.51. The number of nitrogens with zero attached hydrogens (tertiary/aromatic N) is 1. The molecule has 0 radical (unpaired) electrons. The molecule has 18 heavy (non-hydrogen) atoms. The molecule has 1 aromatic rings. The fourth-order valence-electron chi connectivity index (χ4n) is 2.44. The van der Waals surface area contributed by atoms with Crippen molar-refractivity contribution in [2.45, 2.75) is 39.0 Å². The van der Waals surface area contributed by atoms with Crippen molar-refractivity contribution in [1.82, 2.24) is 4.90 Å². The number of para-hydroxylation sites is 1. The molecule has 3 nitrogen and oxygen atoms in total. The average Bonchev–Trinajstić information content (AvgIpc) is 2.37. The molecule has 0 spiro atoms. The fourth-order valence-corrected chi connectivity index (χ4v) is 2.44. The predicted octanol–water partition coefficient (Wildman–Crippen LogP) is 2.46. The first-order valence-electron chi connectivity index (χ1n) is 6.64. The molecule has 0 amide bonds. The molecule has 100 valence electrons. The molecule has 0 aromatic heterocycles. The van der Waals surface area contributed by atoms with Gasteiger partial charge in [0, 0.05) is 11.6 Å². The SMILES string of the molecule is CC(C)C(C)N(C)C1COc2ccccc2C1O. The summed E-state index contributed by atoms with van der Waals surface area (Å²) in [5.74, 6) is 1.37. The zero-order valence-electron chi connectivity index (χ0n) is 11.6. The van der Waals surface area contributed by atoms with E-state index in [1.165, 1.54) is 0 Å². The van der Waals surface area contributed by atoms with E-state index in [9.17, 15) is 5.11 Å². The fraction of sp³-hybridized carbons (Fsp3) is 0.600. The molecule has 0 aliphatic carbocycles. The van der Waals surface area contributed by atoms with Gasteiger partial charge in [0.2, 0.25) is 0 Å². The molecule has 3 unspecified atom stereocenters. The molecular formula is C15H23NO2. The molecule has 3 atom stereocenters. The van der Waals surface area contributed by atoms with E-state index in [4.69, 9.17) is 4.74 Å². The number of hydrogen-bond acceptors (Lipinski definition) is 3. The van der Waals surface area contributed by atoms with Crippen LogP contribution < -0.4 is 4.74 Å². The first kappa shape index (κ1) is 13.4. The molecule has 2 rings (SSSR count). The van der Waals surface area contributed by atoms with E-state index in [0.29, 0.717) is 18.6 Å². The minimum atomic E-state index is -0.471. The van der Waals surface area contributed by atoms with Gasteiger partial charge >= 0.3 is 0 Å². The van der Waals surface area contributed by atoms with Crippen molar-refractivity contribution < 1.29 is 9.84 Å². The number of benzene rings is 1. The highest BCUT2D eigenvalue weighted by Gasteiger charge is 2.34. The summed E-state index contributed by atoms with van der Waals surface area (Å²) in [6.45, 7) is 7.14. The van der Waals surface area contributed by atoms with Gasteiger partial charge in [0.05, 0.1) is 6.04 Å². The Morgan fingerprint density at radius 1 is 1.28 bits per heavy atom. The van der Waals surface area contributed by atoms with Crippen LogP contribution >= 0.6 is 0 Å². The maximum atomic E-state index is 10.5. The first-order chi connectivity index (χ1) is 8.52. The Labute approximate surface area is 109 Å². The zero-order valence-corrected chi connectivity index (χ0v) is 11.6. The Morgan fingerprint density at radius 2 is 1.94 bits per heavy atom. The summed E-state index contributed by atoms with van der Waals surface area (Å²) in [5, 5.41) is 10.5. The largest absolute Gasteiger partial charge is 0.491 e. The summed E-state index contributed by atoms with van der Waals surface area (Å²) in [6.07, 6.45) is -0.471. The molecular weight excluding hydrogens is 226 g/mol. The average molecular weight is 249 g/mol. The van der Waals surface area contributed by atoms with E-state index < -0.39 is 6.10 Å². The van der Waals surface area contributed by atoms with Gasteiger partial charge in [-0.05, 0) is 26.0 Å². The molecule has 1 N–H and O–H groups in total. The van der Waals surface area contributed by atoms with Crippen molar-refractivity contribution in [3.05, 3.63) is 29.8 Å². The van der Waals surface area contributed by atoms with Crippen LogP contribution in [-0.4, -0.2) is 35.7 Å². The standard InChI is InChI=1S/C15H23NO2/c1-10(2)11(3)16(4)13-9-18-14-8-6-5-7-12(14)15(13)17/h5-8,10-11,13,15,17H,9H2,1-4H3. The third kappa shape index (κ3) is 2.38. The second kappa shape index (κ2) is 5.29. The van der Waals surface area contributed by atoms with Crippen LogP contribution in [-0.2, 0) is 0 Å². The van der Waals surface area contributed by atoms with Crippen LogP contribution in [0.3, 0.4) is 0 Å². The Balaban J connectivity index is 2.18. The second-order valence-electron chi connectivity index (χ2n) is 5.51.